The smallest absolute Gasteiger partial charge is 0.0568 e. The molecule has 0 amide bonds. The zero-order valence-electron chi connectivity index (χ0n) is 11.7. The van der Waals surface area contributed by atoms with Gasteiger partial charge in [0.05, 0.1) is 6.20 Å². The van der Waals surface area contributed by atoms with Gasteiger partial charge in [-0.05, 0) is 30.2 Å². The second-order valence-corrected chi connectivity index (χ2v) is 5.36. The molecule has 102 valence electrons. The van der Waals surface area contributed by atoms with Crippen LogP contribution in [-0.2, 0) is 13.1 Å². The van der Waals surface area contributed by atoms with Crippen molar-refractivity contribution in [1.29, 1.82) is 0 Å². The Bertz CT molecular complexity index is 546. The van der Waals surface area contributed by atoms with E-state index >= 15 is 0 Å². The van der Waals surface area contributed by atoms with E-state index in [0.717, 1.165) is 29.2 Å². The van der Waals surface area contributed by atoms with E-state index in [1.54, 1.807) is 0 Å². The summed E-state index contributed by atoms with van der Waals surface area (Å²) in [5.74, 6) is 0. The molecule has 1 heterocycles. The first-order valence-electron chi connectivity index (χ1n) is 6.64. The molecule has 19 heavy (non-hydrogen) atoms. The van der Waals surface area contributed by atoms with Crippen molar-refractivity contribution in [3.05, 3.63) is 41.2 Å². The monoisotopic (exact) mass is 277 g/mol. The predicted octanol–water partition coefficient (Wildman–Crippen LogP) is 3.72. The third-order valence-corrected chi connectivity index (χ3v) is 3.28. The highest BCUT2D eigenvalue weighted by molar-refractivity contribution is 6.30. The Morgan fingerprint density at radius 3 is 2.79 bits per heavy atom. The summed E-state index contributed by atoms with van der Waals surface area (Å²) < 4.78 is 1.93. The van der Waals surface area contributed by atoms with Gasteiger partial charge in [0, 0.05) is 35.9 Å². The second kappa shape index (κ2) is 6.22. The maximum atomic E-state index is 6.12. The molecule has 4 heteroatoms. The van der Waals surface area contributed by atoms with Gasteiger partial charge in [-0.3, -0.25) is 4.68 Å². The first kappa shape index (κ1) is 14.1. The van der Waals surface area contributed by atoms with Crippen molar-refractivity contribution in [3.8, 4) is 11.1 Å². The first-order chi connectivity index (χ1) is 9.10. The Hall–Kier alpha value is -1.32. The van der Waals surface area contributed by atoms with Gasteiger partial charge in [0.25, 0.3) is 0 Å². The standard InChI is InChI=1S/C15H20ClN3/c1-4-19-10-13(9-18-19)15-7-14(16)6-5-12(15)8-17-11(2)3/h5-7,9-11,17H,4,8H2,1-3H3. The molecule has 0 atom stereocenters. The number of hydrogen-bond acceptors (Lipinski definition) is 2. The topological polar surface area (TPSA) is 29.9 Å². The Balaban J connectivity index is 2.33. The van der Waals surface area contributed by atoms with E-state index in [1.165, 1.54) is 5.56 Å². The van der Waals surface area contributed by atoms with Gasteiger partial charge < -0.3 is 5.32 Å². The minimum Gasteiger partial charge on any atom is -0.310 e. The van der Waals surface area contributed by atoms with Crippen LogP contribution >= 0.6 is 11.6 Å². The molecule has 0 fully saturated rings. The van der Waals surface area contributed by atoms with Crippen LogP contribution in [0.15, 0.2) is 30.6 Å². The van der Waals surface area contributed by atoms with E-state index in [1.807, 2.05) is 23.0 Å². The maximum Gasteiger partial charge on any atom is 0.0568 e. The van der Waals surface area contributed by atoms with E-state index in [4.69, 9.17) is 11.6 Å². The van der Waals surface area contributed by atoms with Gasteiger partial charge in [-0.15, -0.1) is 0 Å². The summed E-state index contributed by atoms with van der Waals surface area (Å²) >= 11 is 6.12. The zero-order chi connectivity index (χ0) is 13.8. The summed E-state index contributed by atoms with van der Waals surface area (Å²) in [4.78, 5) is 0. The van der Waals surface area contributed by atoms with Gasteiger partial charge in [0.1, 0.15) is 0 Å². The predicted molar refractivity (Wildman–Crippen MR) is 80.3 cm³/mol. The highest BCUT2D eigenvalue weighted by Gasteiger charge is 2.08. The number of aromatic nitrogens is 2. The van der Waals surface area contributed by atoms with Crippen molar-refractivity contribution in [2.75, 3.05) is 0 Å². The average Bonchev–Trinajstić information content (AvgIpc) is 2.85. The summed E-state index contributed by atoms with van der Waals surface area (Å²) in [6, 6.07) is 6.49. The van der Waals surface area contributed by atoms with Crippen LogP contribution in [0.2, 0.25) is 5.02 Å². The summed E-state index contributed by atoms with van der Waals surface area (Å²) in [6.07, 6.45) is 3.96. The number of rotatable bonds is 5. The fraction of sp³-hybridized carbons (Fsp3) is 0.400. The molecule has 0 bridgehead atoms. The van der Waals surface area contributed by atoms with Crippen LogP contribution in [-0.4, -0.2) is 15.8 Å². The molecule has 0 unspecified atom stereocenters. The minimum absolute atomic E-state index is 0.460. The lowest BCUT2D eigenvalue weighted by Gasteiger charge is -2.12. The molecule has 1 aromatic carbocycles. The Labute approximate surface area is 119 Å². The number of nitrogens with one attached hydrogen (secondary N) is 1. The Kier molecular flexibility index (Phi) is 4.61. The summed E-state index contributed by atoms with van der Waals surface area (Å²) in [5, 5.41) is 8.53. The van der Waals surface area contributed by atoms with Crippen molar-refractivity contribution in [2.45, 2.75) is 39.9 Å². The summed E-state index contributed by atoms with van der Waals surface area (Å²) in [7, 11) is 0. The van der Waals surface area contributed by atoms with Crippen molar-refractivity contribution in [2.24, 2.45) is 0 Å². The van der Waals surface area contributed by atoms with Crippen LogP contribution in [0.5, 0.6) is 0 Å². The lowest BCUT2D eigenvalue weighted by molar-refractivity contribution is 0.589. The van der Waals surface area contributed by atoms with E-state index in [0.29, 0.717) is 6.04 Å². The summed E-state index contributed by atoms with van der Waals surface area (Å²) in [6.45, 7) is 8.08. The van der Waals surface area contributed by atoms with Gasteiger partial charge in [-0.2, -0.15) is 5.10 Å². The van der Waals surface area contributed by atoms with Crippen LogP contribution < -0.4 is 5.32 Å². The van der Waals surface area contributed by atoms with Gasteiger partial charge in [-0.25, -0.2) is 0 Å². The number of benzene rings is 1. The molecular formula is C15H20ClN3. The molecule has 2 rings (SSSR count). The second-order valence-electron chi connectivity index (χ2n) is 4.92. The Morgan fingerprint density at radius 1 is 1.37 bits per heavy atom. The third-order valence-electron chi connectivity index (χ3n) is 3.04. The van der Waals surface area contributed by atoms with Gasteiger partial charge in [0.2, 0.25) is 0 Å². The molecule has 0 aliphatic rings. The molecule has 0 radical (unpaired) electrons. The maximum absolute atomic E-state index is 6.12. The molecule has 0 aliphatic heterocycles. The number of halogens is 1. The largest absolute Gasteiger partial charge is 0.310 e. The normalized spacial score (nSPS) is 11.2. The van der Waals surface area contributed by atoms with E-state index in [2.05, 4.69) is 43.4 Å². The van der Waals surface area contributed by atoms with Crippen LogP contribution in [0.4, 0.5) is 0 Å². The average molecular weight is 278 g/mol. The fourth-order valence-electron chi connectivity index (χ4n) is 1.96. The molecule has 0 saturated carbocycles. The van der Waals surface area contributed by atoms with Crippen molar-refractivity contribution in [3.63, 3.8) is 0 Å². The molecule has 0 saturated heterocycles. The number of nitrogens with zero attached hydrogens (tertiary/aromatic N) is 2. The van der Waals surface area contributed by atoms with Crippen LogP contribution in [0.3, 0.4) is 0 Å². The SMILES string of the molecule is CCn1cc(-c2cc(Cl)ccc2CNC(C)C)cn1. The third kappa shape index (κ3) is 3.58. The van der Waals surface area contributed by atoms with Crippen LogP contribution in [0, 0.1) is 0 Å². The first-order valence-corrected chi connectivity index (χ1v) is 7.02. The van der Waals surface area contributed by atoms with Crippen molar-refractivity contribution in [1.82, 2.24) is 15.1 Å². The lowest BCUT2D eigenvalue weighted by Crippen LogP contribution is -2.22. The molecule has 2 aromatic rings. The summed E-state index contributed by atoms with van der Waals surface area (Å²) in [5.41, 5.74) is 3.51. The highest BCUT2D eigenvalue weighted by Crippen LogP contribution is 2.26. The van der Waals surface area contributed by atoms with Crippen molar-refractivity contribution < 1.29 is 0 Å². The molecule has 1 aromatic heterocycles. The highest BCUT2D eigenvalue weighted by atomic mass is 35.5. The van der Waals surface area contributed by atoms with Gasteiger partial charge in [-0.1, -0.05) is 31.5 Å². The van der Waals surface area contributed by atoms with E-state index in [9.17, 15) is 0 Å². The molecule has 1 N–H and O–H groups in total. The van der Waals surface area contributed by atoms with E-state index < -0.39 is 0 Å². The van der Waals surface area contributed by atoms with Gasteiger partial charge in [0.15, 0.2) is 0 Å². The van der Waals surface area contributed by atoms with Gasteiger partial charge >= 0.3 is 0 Å². The zero-order valence-corrected chi connectivity index (χ0v) is 12.4. The molecule has 0 spiro atoms. The molecule has 3 nitrogen and oxygen atoms in total. The number of hydrogen-bond donors (Lipinski definition) is 1. The van der Waals surface area contributed by atoms with Crippen LogP contribution in [0.1, 0.15) is 26.3 Å². The minimum atomic E-state index is 0.460. The van der Waals surface area contributed by atoms with Crippen LogP contribution in [0.25, 0.3) is 11.1 Å². The number of aryl methyl sites for hydroxylation is 1. The molecular weight excluding hydrogens is 258 g/mol. The Morgan fingerprint density at radius 2 is 2.16 bits per heavy atom. The molecule has 0 aliphatic carbocycles. The van der Waals surface area contributed by atoms with Crippen molar-refractivity contribution >= 4 is 11.6 Å². The van der Waals surface area contributed by atoms with E-state index in [-0.39, 0.29) is 0 Å². The fourth-order valence-corrected chi connectivity index (χ4v) is 2.13. The quantitative estimate of drug-likeness (QED) is 0.903. The lowest BCUT2D eigenvalue weighted by atomic mass is 10.0.